The molecule has 0 unspecified atom stereocenters. The van der Waals surface area contributed by atoms with E-state index in [4.69, 9.17) is 0 Å². The minimum Gasteiger partial charge on any atom is -0.339 e. The summed E-state index contributed by atoms with van der Waals surface area (Å²) in [6, 6.07) is 0. The predicted molar refractivity (Wildman–Crippen MR) is 37.3 cm³/mol. The standard InChI is InChI=1S/C5H4N4O2.Pt/c10-4-2-3(7-1-6-2)8-5(11)9-4;/h1H,(H3,6,7,8,9,10,11);/q;+2. The van der Waals surface area contributed by atoms with Crippen molar-refractivity contribution in [2.45, 2.75) is 0 Å². The van der Waals surface area contributed by atoms with Gasteiger partial charge in [0, 0.05) is 0 Å². The molecule has 3 N–H and O–H groups in total. The van der Waals surface area contributed by atoms with E-state index in [0.29, 0.717) is 0 Å². The van der Waals surface area contributed by atoms with Crippen molar-refractivity contribution in [2.24, 2.45) is 0 Å². The SMILES string of the molecule is O=c1[nH]c(=O)c2[nH]cnc2[nH]1.[Pt+2]. The van der Waals surface area contributed by atoms with Crippen molar-refractivity contribution >= 4 is 11.2 Å². The Labute approximate surface area is 79.7 Å². The third-order valence-corrected chi connectivity index (χ3v) is 1.33. The first-order chi connectivity index (χ1) is 5.27. The Kier molecular flexibility index (Phi) is 2.28. The van der Waals surface area contributed by atoms with E-state index in [1.54, 1.807) is 0 Å². The van der Waals surface area contributed by atoms with Crippen molar-refractivity contribution in [1.29, 1.82) is 0 Å². The molecule has 0 amide bonds. The molecule has 0 aliphatic rings. The van der Waals surface area contributed by atoms with E-state index in [9.17, 15) is 9.59 Å². The summed E-state index contributed by atoms with van der Waals surface area (Å²) in [5.41, 5.74) is -0.445. The minimum atomic E-state index is -0.547. The maximum absolute atomic E-state index is 10.9. The van der Waals surface area contributed by atoms with Crippen molar-refractivity contribution in [3.05, 3.63) is 27.2 Å². The molecule has 7 heteroatoms. The zero-order valence-corrected chi connectivity index (χ0v) is 7.93. The summed E-state index contributed by atoms with van der Waals surface area (Å²) in [5.74, 6) is 0. The second-order valence-corrected chi connectivity index (χ2v) is 2.03. The second-order valence-electron chi connectivity index (χ2n) is 2.03. The van der Waals surface area contributed by atoms with Gasteiger partial charge in [-0.2, -0.15) is 0 Å². The molecule has 0 saturated carbocycles. The molecule has 12 heavy (non-hydrogen) atoms. The van der Waals surface area contributed by atoms with Crippen molar-refractivity contribution in [1.82, 2.24) is 19.9 Å². The van der Waals surface area contributed by atoms with Crippen molar-refractivity contribution < 1.29 is 21.1 Å². The van der Waals surface area contributed by atoms with Crippen molar-refractivity contribution in [3.8, 4) is 0 Å². The Morgan fingerprint density at radius 1 is 1.25 bits per heavy atom. The number of aromatic amines is 3. The van der Waals surface area contributed by atoms with Crippen LogP contribution in [0.4, 0.5) is 0 Å². The maximum atomic E-state index is 10.9. The summed E-state index contributed by atoms with van der Waals surface area (Å²) in [7, 11) is 0. The Morgan fingerprint density at radius 2 is 2.00 bits per heavy atom. The number of fused-ring (bicyclic) bond motifs is 1. The van der Waals surface area contributed by atoms with Gasteiger partial charge in [-0.05, 0) is 0 Å². The molecule has 6 nitrogen and oxygen atoms in total. The topological polar surface area (TPSA) is 94.4 Å². The van der Waals surface area contributed by atoms with Gasteiger partial charge in [-0.1, -0.05) is 0 Å². The van der Waals surface area contributed by atoms with Crippen molar-refractivity contribution in [3.63, 3.8) is 0 Å². The molecule has 2 rings (SSSR count). The number of hydrogen-bond acceptors (Lipinski definition) is 3. The molecule has 0 aliphatic carbocycles. The fourth-order valence-electron chi connectivity index (χ4n) is 0.867. The summed E-state index contributed by atoms with van der Waals surface area (Å²) in [6.45, 7) is 0. The summed E-state index contributed by atoms with van der Waals surface area (Å²) in [5, 5.41) is 0. The van der Waals surface area contributed by atoms with Crippen LogP contribution in [0.3, 0.4) is 0 Å². The van der Waals surface area contributed by atoms with Gasteiger partial charge in [-0.15, -0.1) is 0 Å². The molecule has 0 saturated heterocycles. The molecular formula is C5H4N4O2Pt+2. The van der Waals surface area contributed by atoms with Crippen LogP contribution >= 0.6 is 0 Å². The van der Waals surface area contributed by atoms with Crippen LogP contribution in [0.5, 0.6) is 0 Å². The van der Waals surface area contributed by atoms with Crippen LogP contribution in [0.1, 0.15) is 0 Å². The van der Waals surface area contributed by atoms with Gasteiger partial charge >= 0.3 is 26.8 Å². The van der Waals surface area contributed by atoms with Gasteiger partial charge in [0.15, 0.2) is 5.65 Å². The summed E-state index contributed by atoms with van der Waals surface area (Å²) in [6.07, 6.45) is 1.34. The smallest absolute Gasteiger partial charge is 0.339 e. The number of nitrogens with zero attached hydrogens (tertiary/aromatic N) is 1. The molecule has 0 aromatic carbocycles. The summed E-state index contributed by atoms with van der Waals surface area (Å²) < 4.78 is 0. The maximum Gasteiger partial charge on any atom is 2.00 e. The largest absolute Gasteiger partial charge is 2.00 e. The molecule has 2 aromatic heterocycles. The van der Waals surface area contributed by atoms with E-state index in [-0.39, 0.29) is 32.2 Å². The zero-order valence-electron chi connectivity index (χ0n) is 5.66. The molecule has 0 radical (unpaired) electrons. The van der Waals surface area contributed by atoms with E-state index in [2.05, 4.69) is 19.9 Å². The Hall–Kier alpha value is -1.16. The van der Waals surface area contributed by atoms with Gasteiger partial charge in [0.2, 0.25) is 0 Å². The van der Waals surface area contributed by atoms with E-state index in [1.807, 2.05) is 0 Å². The molecule has 64 valence electrons. The normalized spacial score (nSPS) is 9.67. The van der Waals surface area contributed by atoms with Crippen LogP contribution < -0.4 is 11.2 Å². The third kappa shape index (κ3) is 1.25. The number of rotatable bonds is 0. The van der Waals surface area contributed by atoms with E-state index in [0.717, 1.165) is 0 Å². The third-order valence-electron chi connectivity index (χ3n) is 1.33. The zero-order chi connectivity index (χ0) is 7.84. The first-order valence-corrected chi connectivity index (χ1v) is 2.93. The van der Waals surface area contributed by atoms with Gasteiger partial charge in [-0.3, -0.25) is 14.8 Å². The average molecular weight is 347 g/mol. The van der Waals surface area contributed by atoms with Crippen LogP contribution in [0.25, 0.3) is 11.2 Å². The predicted octanol–water partition coefficient (Wildman–Crippen LogP) is -1.06. The quantitative estimate of drug-likeness (QED) is 0.567. The average Bonchev–Trinajstić information content (AvgIpc) is 2.34. The molecule has 2 aromatic rings. The molecule has 0 spiro atoms. The Morgan fingerprint density at radius 3 is 2.75 bits per heavy atom. The van der Waals surface area contributed by atoms with Gasteiger partial charge in [0.25, 0.3) is 5.56 Å². The monoisotopic (exact) mass is 347 g/mol. The van der Waals surface area contributed by atoms with Gasteiger partial charge in [-0.25, -0.2) is 9.78 Å². The van der Waals surface area contributed by atoms with Gasteiger partial charge < -0.3 is 4.98 Å². The van der Waals surface area contributed by atoms with Crippen LogP contribution in [0.15, 0.2) is 15.9 Å². The number of H-pyrrole nitrogens is 3. The number of nitrogens with one attached hydrogen (secondary N) is 3. The van der Waals surface area contributed by atoms with Gasteiger partial charge in [0.05, 0.1) is 6.33 Å². The van der Waals surface area contributed by atoms with Crippen molar-refractivity contribution in [2.75, 3.05) is 0 Å². The van der Waals surface area contributed by atoms with E-state index < -0.39 is 11.2 Å². The minimum absolute atomic E-state index is 0. The number of hydrogen-bond donors (Lipinski definition) is 3. The fraction of sp³-hybridized carbons (Fsp3) is 0. The summed E-state index contributed by atoms with van der Waals surface area (Å²) in [4.78, 5) is 32.3. The first-order valence-electron chi connectivity index (χ1n) is 2.93. The van der Waals surface area contributed by atoms with Crippen LogP contribution in [-0.2, 0) is 21.1 Å². The molecular weight excluding hydrogens is 343 g/mol. The van der Waals surface area contributed by atoms with E-state index in [1.165, 1.54) is 6.33 Å². The molecule has 0 bridgehead atoms. The summed E-state index contributed by atoms with van der Waals surface area (Å²) >= 11 is 0. The second kappa shape index (κ2) is 3.06. The number of aromatic nitrogens is 4. The molecule has 2 heterocycles. The van der Waals surface area contributed by atoms with E-state index >= 15 is 0 Å². The van der Waals surface area contributed by atoms with Crippen LogP contribution in [0, 0.1) is 0 Å². The fourth-order valence-corrected chi connectivity index (χ4v) is 0.867. The van der Waals surface area contributed by atoms with Crippen LogP contribution in [0.2, 0.25) is 0 Å². The number of imidazole rings is 1. The Balaban J connectivity index is 0.000000720. The van der Waals surface area contributed by atoms with Crippen LogP contribution in [-0.4, -0.2) is 19.9 Å². The molecule has 0 aliphatic heterocycles. The molecule has 0 fully saturated rings. The molecule has 0 atom stereocenters. The van der Waals surface area contributed by atoms with Gasteiger partial charge in [0.1, 0.15) is 5.52 Å². The Bertz CT molecular complexity index is 496. The first kappa shape index (κ1) is 8.93.